The molecule has 1 amide bonds. The second-order valence-electron chi connectivity index (χ2n) is 7.04. The van der Waals surface area contributed by atoms with Crippen molar-refractivity contribution >= 4 is 39.6 Å². The van der Waals surface area contributed by atoms with Crippen LogP contribution in [0.4, 0.5) is 20.6 Å². The molecule has 1 heterocycles. The predicted octanol–water partition coefficient (Wildman–Crippen LogP) is 4.22. The van der Waals surface area contributed by atoms with Crippen molar-refractivity contribution in [3.8, 4) is 0 Å². The van der Waals surface area contributed by atoms with Gasteiger partial charge in [0, 0.05) is 23.8 Å². The molecule has 1 saturated heterocycles. The maximum Gasteiger partial charge on any atom is 0.410 e. The van der Waals surface area contributed by atoms with Crippen LogP contribution in [0.1, 0.15) is 33.6 Å². The molecule has 0 spiro atoms. The Hall–Kier alpha value is -1.83. The maximum absolute atomic E-state index is 13.6. The highest BCUT2D eigenvalue weighted by molar-refractivity contribution is 9.10. The Morgan fingerprint density at radius 2 is 2.08 bits per heavy atom. The van der Waals surface area contributed by atoms with Gasteiger partial charge in [-0.15, -0.1) is 0 Å². The molecule has 0 unspecified atom stereocenters. The minimum Gasteiger partial charge on any atom is -0.444 e. The van der Waals surface area contributed by atoms with E-state index >= 15 is 0 Å². The molecule has 0 atom stereocenters. The molecule has 0 saturated carbocycles. The van der Waals surface area contributed by atoms with Gasteiger partial charge in [-0.1, -0.05) is 15.9 Å². The molecule has 0 bridgehead atoms. The molecule has 0 aliphatic carbocycles. The number of ether oxygens (including phenoxy) is 1. The fourth-order valence-corrected chi connectivity index (χ4v) is 2.88. The highest BCUT2D eigenvalue weighted by Crippen LogP contribution is 2.27. The van der Waals surface area contributed by atoms with Crippen LogP contribution >= 0.6 is 15.9 Å². The zero-order valence-corrected chi connectivity index (χ0v) is 16.3. The SMILES string of the molecule is CC(C)(C)OC(=O)N1CCC(/C=N/Nc2cc(Br)cc(F)c2N)CC1. The van der Waals surface area contributed by atoms with Crippen LogP contribution in [0.2, 0.25) is 0 Å². The summed E-state index contributed by atoms with van der Waals surface area (Å²) in [5.74, 6) is -0.262. The highest BCUT2D eigenvalue weighted by Gasteiger charge is 2.26. The van der Waals surface area contributed by atoms with Crippen LogP contribution in [-0.2, 0) is 4.74 Å². The fourth-order valence-electron chi connectivity index (χ4n) is 2.45. The second kappa shape index (κ2) is 8.03. The molecule has 138 valence electrons. The Morgan fingerprint density at radius 1 is 1.44 bits per heavy atom. The molecule has 0 aromatic heterocycles. The minimum atomic E-state index is -0.502. The van der Waals surface area contributed by atoms with E-state index in [-0.39, 0.29) is 17.7 Å². The standard InChI is InChI=1S/C17H24BrFN4O2/c1-17(2,3)25-16(24)23-6-4-11(5-7-23)10-21-22-14-9-12(18)8-13(19)15(14)20/h8-11,22H,4-7,20H2,1-3H3/b21-10+. The van der Waals surface area contributed by atoms with Crippen LogP contribution in [-0.4, -0.2) is 35.9 Å². The first-order valence-corrected chi connectivity index (χ1v) is 8.96. The van der Waals surface area contributed by atoms with Gasteiger partial charge in [0.2, 0.25) is 0 Å². The number of nitrogens with zero attached hydrogens (tertiary/aromatic N) is 2. The number of piperidine rings is 1. The Balaban J connectivity index is 1.84. The average molecular weight is 415 g/mol. The lowest BCUT2D eigenvalue weighted by Gasteiger charge is -2.32. The summed E-state index contributed by atoms with van der Waals surface area (Å²) in [5.41, 5.74) is 8.41. The lowest BCUT2D eigenvalue weighted by Crippen LogP contribution is -2.42. The van der Waals surface area contributed by atoms with E-state index in [0.717, 1.165) is 12.8 Å². The van der Waals surface area contributed by atoms with Crippen molar-refractivity contribution in [2.45, 2.75) is 39.2 Å². The van der Waals surface area contributed by atoms with Gasteiger partial charge in [0.1, 0.15) is 11.4 Å². The Morgan fingerprint density at radius 3 is 2.68 bits per heavy atom. The van der Waals surface area contributed by atoms with E-state index in [0.29, 0.717) is 23.2 Å². The van der Waals surface area contributed by atoms with E-state index < -0.39 is 11.4 Å². The van der Waals surface area contributed by atoms with Gasteiger partial charge in [-0.3, -0.25) is 5.43 Å². The molecule has 1 aliphatic rings. The first-order chi connectivity index (χ1) is 11.7. The number of anilines is 2. The summed E-state index contributed by atoms with van der Waals surface area (Å²) < 4.78 is 19.5. The number of rotatable bonds is 3. The summed E-state index contributed by atoms with van der Waals surface area (Å²) in [6.07, 6.45) is 3.10. The zero-order chi connectivity index (χ0) is 18.6. The number of nitrogen functional groups attached to an aromatic ring is 1. The van der Waals surface area contributed by atoms with Crippen molar-refractivity contribution in [1.29, 1.82) is 0 Å². The molecule has 8 heteroatoms. The molecule has 6 nitrogen and oxygen atoms in total. The summed E-state index contributed by atoms with van der Waals surface area (Å²) in [6.45, 7) is 6.81. The minimum absolute atomic E-state index is 0.0279. The van der Waals surface area contributed by atoms with Crippen LogP contribution in [0.3, 0.4) is 0 Å². The number of carbonyl (C=O) groups is 1. The lowest BCUT2D eigenvalue weighted by molar-refractivity contribution is 0.0203. The maximum atomic E-state index is 13.6. The molecular formula is C17H24BrFN4O2. The number of nitrogens with two attached hydrogens (primary N) is 1. The molecule has 1 aromatic carbocycles. The van der Waals surface area contributed by atoms with Crippen molar-refractivity contribution in [3.63, 3.8) is 0 Å². The van der Waals surface area contributed by atoms with E-state index in [9.17, 15) is 9.18 Å². The Kier molecular flexibility index (Phi) is 6.26. The topological polar surface area (TPSA) is 80.0 Å². The van der Waals surface area contributed by atoms with Crippen LogP contribution in [0.5, 0.6) is 0 Å². The summed E-state index contributed by atoms with van der Waals surface area (Å²) in [5, 5.41) is 4.16. The van der Waals surface area contributed by atoms with Crippen LogP contribution < -0.4 is 11.2 Å². The largest absolute Gasteiger partial charge is 0.444 e. The van der Waals surface area contributed by atoms with Gasteiger partial charge < -0.3 is 15.4 Å². The third kappa shape index (κ3) is 5.88. The molecule has 3 N–H and O–H groups in total. The summed E-state index contributed by atoms with van der Waals surface area (Å²) >= 11 is 3.22. The number of halogens is 2. The molecule has 2 rings (SSSR count). The number of hydrogen-bond acceptors (Lipinski definition) is 5. The van der Waals surface area contributed by atoms with E-state index in [4.69, 9.17) is 10.5 Å². The summed E-state index contributed by atoms with van der Waals surface area (Å²) in [4.78, 5) is 13.7. The van der Waals surface area contributed by atoms with Gasteiger partial charge in [-0.2, -0.15) is 5.10 Å². The van der Waals surface area contributed by atoms with Crippen LogP contribution in [0, 0.1) is 11.7 Å². The van der Waals surface area contributed by atoms with Gasteiger partial charge in [0.05, 0.1) is 11.4 Å². The first-order valence-electron chi connectivity index (χ1n) is 8.17. The number of hydrogen-bond donors (Lipinski definition) is 2. The third-order valence-electron chi connectivity index (χ3n) is 3.76. The third-order valence-corrected chi connectivity index (χ3v) is 4.21. The first kappa shape index (κ1) is 19.5. The number of carbonyl (C=O) groups excluding carboxylic acids is 1. The number of nitrogens with one attached hydrogen (secondary N) is 1. The summed E-state index contributed by atoms with van der Waals surface area (Å²) in [6, 6.07) is 2.97. The monoisotopic (exact) mass is 414 g/mol. The van der Waals surface area contributed by atoms with Crippen molar-refractivity contribution in [3.05, 3.63) is 22.4 Å². The van der Waals surface area contributed by atoms with Crippen molar-refractivity contribution in [2.24, 2.45) is 11.0 Å². The Bertz CT molecular complexity index is 653. The number of likely N-dealkylation sites (tertiary alicyclic amines) is 1. The van der Waals surface area contributed by atoms with E-state index in [1.54, 1.807) is 17.2 Å². The van der Waals surface area contributed by atoms with Gasteiger partial charge >= 0.3 is 6.09 Å². The van der Waals surface area contributed by atoms with Gasteiger partial charge in [0.15, 0.2) is 0 Å². The smallest absolute Gasteiger partial charge is 0.410 e. The van der Waals surface area contributed by atoms with Gasteiger partial charge in [-0.05, 0) is 51.7 Å². The number of hydrazone groups is 1. The van der Waals surface area contributed by atoms with E-state index in [1.807, 2.05) is 20.8 Å². The average Bonchev–Trinajstić information content (AvgIpc) is 2.51. The van der Waals surface area contributed by atoms with Crippen molar-refractivity contribution in [2.75, 3.05) is 24.2 Å². The van der Waals surface area contributed by atoms with E-state index in [1.165, 1.54) is 6.07 Å². The lowest BCUT2D eigenvalue weighted by atomic mass is 9.99. The molecule has 1 aromatic rings. The number of benzene rings is 1. The van der Waals surface area contributed by atoms with Crippen LogP contribution in [0.15, 0.2) is 21.7 Å². The molecule has 1 aliphatic heterocycles. The fraction of sp³-hybridized carbons (Fsp3) is 0.529. The van der Waals surface area contributed by atoms with Gasteiger partial charge in [0.25, 0.3) is 0 Å². The molecule has 1 fully saturated rings. The van der Waals surface area contributed by atoms with E-state index in [2.05, 4.69) is 26.5 Å². The van der Waals surface area contributed by atoms with Crippen LogP contribution in [0.25, 0.3) is 0 Å². The molecular weight excluding hydrogens is 391 g/mol. The van der Waals surface area contributed by atoms with Crippen molar-refractivity contribution < 1.29 is 13.9 Å². The quantitative estimate of drug-likeness (QED) is 0.440. The normalized spacial score (nSPS) is 16.3. The Labute approximate surface area is 155 Å². The van der Waals surface area contributed by atoms with Gasteiger partial charge in [-0.25, -0.2) is 9.18 Å². The highest BCUT2D eigenvalue weighted by atomic mass is 79.9. The predicted molar refractivity (Wildman–Crippen MR) is 101 cm³/mol. The molecule has 25 heavy (non-hydrogen) atoms. The zero-order valence-electron chi connectivity index (χ0n) is 14.7. The summed E-state index contributed by atoms with van der Waals surface area (Å²) in [7, 11) is 0. The molecule has 0 radical (unpaired) electrons. The number of amides is 1. The second-order valence-corrected chi connectivity index (χ2v) is 7.96. The van der Waals surface area contributed by atoms with Crippen molar-refractivity contribution in [1.82, 2.24) is 4.90 Å².